The van der Waals surface area contributed by atoms with E-state index in [9.17, 15) is 13.2 Å². The van der Waals surface area contributed by atoms with E-state index in [1.807, 2.05) is 19.0 Å². The van der Waals surface area contributed by atoms with Crippen LogP contribution in [0.1, 0.15) is 10.4 Å². The van der Waals surface area contributed by atoms with Crippen LogP contribution in [0.2, 0.25) is 0 Å². The molecule has 0 aliphatic carbocycles. The zero-order valence-electron chi connectivity index (χ0n) is 11.6. The van der Waals surface area contributed by atoms with Gasteiger partial charge in [-0.3, -0.25) is 0 Å². The Morgan fingerprint density at radius 1 is 1.30 bits per heavy atom. The molecule has 1 aromatic rings. The third-order valence-electron chi connectivity index (χ3n) is 2.43. The van der Waals surface area contributed by atoms with Crippen LogP contribution in [-0.2, 0) is 14.8 Å². The van der Waals surface area contributed by atoms with Gasteiger partial charge in [0.25, 0.3) is 0 Å². The van der Waals surface area contributed by atoms with Gasteiger partial charge in [-0.15, -0.1) is 12.4 Å². The van der Waals surface area contributed by atoms with Crippen molar-refractivity contribution in [3.8, 4) is 0 Å². The lowest BCUT2D eigenvalue weighted by Crippen LogP contribution is -2.32. The standard InChI is InChI=1S/C12H18N2O4S.ClH/c1-14(2)9-8-13-19(16,17)11-7-5-4-6-10(11)12(15)18-3;/h4-7,13H,8-9H2,1-3H3;1H. The SMILES string of the molecule is COC(=O)c1ccccc1S(=O)(=O)NCCN(C)C.Cl. The highest BCUT2D eigenvalue weighted by Gasteiger charge is 2.21. The molecule has 1 rings (SSSR count). The summed E-state index contributed by atoms with van der Waals surface area (Å²) in [5, 5.41) is 0. The number of methoxy groups -OCH3 is 1. The lowest BCUT2D eigenvalue weighted by molar-refractivity contribution is 0.0596. The Morgan fingerprint density at radius 2 is 1.90 bits per heavy atom. The van der Waals surface area contributed by atoms with E-state index >= 15 is 0 Å². The first-order chi connectivity index (χ1) is 8.88. The molecule has 0 amide bonds. The van der Waals surface area contributed by atoms with Crippen molar-refractivity contribution in [2.24, 2.45) is 0 Å². The van der Waals surface area contributed by atoms with Crippen LogP contribution in [0.5, 0.6) is 0 Å². The minimum absolute atomic E-state index is 0. The van der Waals surface area contributed by atoms with Crippen molar-refractivity contribution in [2.45, 2.75) is 4.90 Å². The summed E-state index contributed by atoms with van der Waals surface area (Å²) in [6.07, 6.45) is 0. The lowest BCUT2D eigenvalue weighted by atomic mass is 10.2. The molecule has 8 heteroatoms. The number of benzene rings is 1. The van der Waals surface area contributed by atoms with Gasteiger partial charge in [-0.05, 0) is 26.2 Å². The van der Waals surface area contributed by atoms with Gasteiger partial charge in [0.15, 0.2) is 0 Å². The van der Waals surface area contributed by atoms with Crippen molar-refractivity contribution >= 4 is 28.4 Å². The molecular formula is C12H19ClN2O4S. The molecular weight excluding hydrogens is 304 g/mol. The normalized spacial score (nSPS) is 11.0. The second-order valence-electron chi connectivity index (χ2n) is 4.19. The van der Waals surface area contributed by atoms with Crippen molar-refractivity contribution in [3.63, 3.8) is 0 Å². The number of carbonyl (C=O) groups excluding carboxylic acids is 1. The molecule has 0 saturated heterocycles. The van der Waals surface area contributed by atoms with Gasteiger partial charge < -0.3 is 9.64 Å². The van der Waals surface area contributed by atoms with Crippen LogP contribution in [0.4, 0.5) is 0 Å². The van der Waals surface area contributed by atoms with Crippen LogP contribution >= 0.6 is 12.4 Å². The fourth-order valence-corrected chi connectivity index (χ4v) is 2.68. The van der Waals surface area contributed by atoms with Crippen molar-refractivity contribution in [1.82, 2.24) is 9.62 Å². The number of hydrogen-bond donors (Lipinski definition) is 1. The largest absolute Gasteiger partial charge is 0.465 e. The van der Waals surface area contributed by atoms with Gasteiger partial charge in [0, 0.05) is 13.1 Å². The maximum absolute atomic E-state index is 12.1. The Labute approximate surface area is 125 Å². The van der Waals surface area contributed by atoms with Crippen LogP contribution < -0.4 is 4.72 Å². The van der Waals surface area contributed by atoms with Gasteiger partial charge in [-0.1, -0.05) is 12.1 Å². The van der Waals surface area contributed by atoms with Crippen LogP contribution in [0.25, 0.3) is 0 Å². The van der Waals surface area contributed by atoms with Crippen molar-refractivity contribution in [1.29, 1.82) is 0 Å². The highest BCUT2D eigenvalue weighted by Crippen LogP contribution is 2.15. The minimum atomic E-state index is -3.72. The fraction of sp³-hybridized carbons (Fsp3) is 0.417. The smallest absolute Gasteiger partial charge is 0.339 e. The van der Waals surface area contributed by atoms with Gasteiger partial charge in [0.05, 0.1) is 17.6 Å². The summed E-state index contributed by atoms with van der Waals surface area (Å²) in [6, 6.07) is 5.95. The fourth-order valence-electron chi connectivity index (χ4n) is 1.46. The Hall–Kier alpha value is -1.15. The van der Waals surface area contributed by atoms with Crippen molar-refractivity contribution in [2.75, 3.05) is 34.3 Å². The van der Waals surface area contributed by atoms with Crippen LogP contribution in [0, 0.1) is 0 Å². The lowest BCUT2D eigenvalue weighted by Gasteiger charge is -2.12. The number of likely N-dealkylation sites (N-methyl/N-ethyl adjacent to an activating group) is 1. The monoisotopic (exact) mass is 322 g/mol. The second-order valence-corrected chi connectivity index (χ2v) is 5.92. The summed E-state index contributed by atoms with van der Waals surface area (Å²) in [5.41, 5.74) is 0.0300. The predicted octanol–water partition coefficient (Wildman–Crippen LogP) is 0.735. The molecule has 0 aliphatic heterocycles. The van der Waals surface area contributed by atoms with E-state index in [4.69, 9.17) is 0 Å². The van der Waals surface area contributed by atoms with Crippen LogP contribution in [-0.4, -0.2) is 53.6 Å². The molecule has 0 aromatic heterocycles. The molecule has 0 saturated carbocycles. The van der Waals surface area contributed by atoms with E-state index in [0.717, 1.165) is 0 Å². The Kier molecular flexibility index (Phi) is 7.74. The third kappa shape index (κ3) is 5.09. The van der Waals surface area contributed by atoms with Crippen LogP contribution in [0.3, 0.4) is 0 Å². The number of sulfonamides is 1. The molecule has 1 aromatic carbocycles. The molecule has 20 heavy (non-hydrogen) atoms. The summed E-state index contributed by atoms with van der Waals surface area (Å²) < 4.78 is 31.3. The number of rotatable bonds is 6. The second kappa shape index (κ2) is 8.21. The molecule has 1 N–H and O–H groups in total. The molecule has 114 valence electrons. The van der Waals surface area contributed by atoms with E-state index in [0.29, 0.717) is 6.54 Å². The van der Waals surface area contributed by atoms with E-state index in [-0.39, 0.29) is 29.4 Å². The Balaban J connectivity index is 0.00000361. The average molecular weight is 323 g/mol. The molecule has 0 unspecified atom stereocenters. The average Bonchev–Trinajstić information content (AvgIpc) is 2.37. The number of esters is 1. The zero-order chi connectivity index (χ0) is 14.5. The van der Waals surface area contributed by atoms with E-state index in [1.165, 1.54) is 19.2 Å². The highest BCUT2D eigenvalue weighted by molar-refractivity contribution is 7.89. The number of halogens is 1. The summed E-state index contributed by atoms with van der Waals surface area (Å²) in [6.45, 7) is 0.838. The van der Waals surface area contributed by atoms with Gasteiger partial charge in [-0.25, -0.2) is 17.9 Å². The molecule has 0 spiro atoms. The van der Waals surface area contributed by atoms with E-state index in [1.54, 1.807) is 12.1 Å². The molecule has 0 bridgehead atoms. The summed E-state index contributed by atoms with van der Waals surface area (Å²) in [5.74, 6) is -0.673. The molecule has 6 nitrogen and oxygen atoms in total. The molecule has 0 heterocycles. The minimum Gasteiger partial charge on any atom is -0.465 e. The highest BCUT2D eigenvalue weighted by atomic mass is 35.5. The number of ether oxygens (including phenoxy) is 1. The molecule has 0 aliphatic rings. The Bertz CT molecular complexity index is 546. The first kappa shape index (κ1) is 18.9. The number of hydrogen-bond acceptors (Lipinski definition) is 5. The Morgan fingerprint density at radius 3 is 2.45 bits per heavy atom. The van der Waals surface area contributed by atoms with E-state index in [2.05, 4.69) is 9.46 Å². The molecule has 0 fully saturated rings. The van der Waals surface area contributed by atoms with Gasteiger partial charge in [0.2, 0.25) is 10.0 Å². The van der Waals surface area contributed by atoms with E-state index < -0.39 is 16.0 Å². The maximum atomic E-state index is 12.1. The molecule has 0 radical (unpaired) electrons. The first-order valence-corrected chi connectivity index (χ1v) is 7.18. The van der Waals surface area contributed by atoms with Crippen molar-refractivity contribution < 1.29 is 17.9 Å². The predicted molar refractivity (Wildman–Crippen MR) is 78.8 cm³/mol. The first-order valence-electron chi connectivity index (χ1n) is 5.70. The number of nitrogens with one attached hydrogen (secondary N) is 1. The zero-order valence-corrected chi connectivity index (χ0v) is 13.3. The molecule has 0 atom stereocenters. The number of nitrogens with zero attached hydrogens (tertiary/aromatic N) is 1. The van der Waals surface area contributed by atoms with Gasteiger partial charge in [-0.2, -0.15) is 0 Å². The third-order valence-corrected chi connectivity index (χ3v) is 3.95. The van der Waals surface area contributed by atoms with Crippen molar-refractivity contribution in [3.05, 3.63) is 29.8 Å². The quantitative estimate of drug-likeness (QED) is 0.782. The summed E-state index contributed by atoms with van der Waals surface area (Å²) >= 11 is 0. The number of carbonyl (C=O) groups is 1. The summed E-state index contributed by atoms with van der Waals surface area (Å²) in [7, 11) is 1.18. The topological polar surface area (TPSA) is 75.7 Å². The van der Waals surface area contributed by atoms with Gasteiger partial charge in [0.1, 0.15) is 0 Å². The van der Waals surface area contributed by atoms with Gasteiger partial charge >= 0.3 is 5.97 Å². The maximum Gasteiger partial charge on any atom is 0.339 e. The van der Waals surface area contributed by atoms with Crippen LogP contribution in [0.15, 0.2) is 29.2 Å². The summed E-state index contributed by atoms with van der Waals surface area (Å²) in [4.78, 5) is 13.3.